The van der Waals surface area contributed by atoms with Gasteiger partial charge in [0.1, 0.15) is 5.75 Å². The van der Waals surface area contributed by atoms with E-state index in [1.54, 1.807) is 24.3 Å². The molecule has 1 amide bonds. The summed E-state index contributed by atoms with van der Waals surface area (Å²) in [5.41, 5.74) is 7.20. The van der Waals surface area contributed by atoms with Crippen LogP contribution in [0.1, 0.15) is 34.8 Å². The van der Waals surface area contributed by atoms with E-state index in [1.807, 2.05) is 12.1 Å². The molecule has 0 aliphatic rings. The normalized spacial score (nSPS) is 9.88. The third-order valence-electron chi connectivity index (χ3n) is 3.07. The fraction of sp³-hybridized carbons (Fsp3) is 0.222. The van der Waals surface area contributed by atoms with Crippen molar-refractivity contribution < 1.29 is 14.6 Å². The number of carbonyl (C=O) groups excluding carboxylic acids is 1. The number of halogens is 2. The van der Waals surface area contributed by atoms with Crippen molar-refractivity contribution >= 4 is 44.0 Å². The first-order chi connectivity index (χ1) is 11.9. The lowest BCUT2D eigenvalue weighted by atomic mass is 10.1. The molecule has 4 N–H and O–H groups in total. The van der Waals surface area contributed by atoms with Crippen LogP contribution < -0.4 is 5.73 Å². The zero-order valence-corrected chi connectivity index (χ0v) is 16.9. The Kier molecular flexibility index (Phi) is 9.41. The Morgan fingerprint density at radius 2 is 1.92 bits per heavy atom. The van der Waals surface area contributed by atoms with Crippen LogP contribution in [0.15, 0.2) is 45.3 Å². The number of primary amides is 1. The molecule has 2 aromatic rings. The number of phenolic OH excluding ortho intramolecular Hbond substituents is 1. The van der Waals surface area contributed by atoms with Gasteiger partial charge in [0.2, 0.25) is 5.91 Å². The van der Waals surface area contributed by atoms with Gasteiger partial charge in [0.25, 0.3) is 0 Å². The monoisotopic (exact) mass is 470 g/mol. The SMILES string of the molecule is CCCOCc1ccc(C(N)=O)cc1.N=Cc1cc(Br)cc(Br)c1O. The molecule has 0 atom stereocenters. The number of carbonyl (C=O) groups is 1. The van der Waals surface area contributed by atoms with Crippen LogP contribution in [-0.2, 0) is 11.3 Å². The largest absolute Gasteiger partial charge is 0.506 e. The van der Waals surface area contributed by atoms with E-state index in [0.29, 0.717) is 22.2 Å². The van der Waals surface area contributed by atoms with Gasteiger partial charge in [-0.05, 0) is 52.2 Å². The van der Waals surface area contributed by atoms with Gasteiger partial charge in [0.05, 0.1) is 11.1 Å². The van der Waals surface area contributed by atoms with Crippen LogP contribution in [0.25, 0.3) is 0 Å². The van der Waals surface area contributed by atoms with Gasteiger partial charge >= 0.3 is 0 Å². The van der Waals surface area contributed by atoms with E-state index in [2.05, 4.69) is 38.8 Å². The molecule has 0 saturated heterocycles. The highest BCUT2D eigenvalue weighted by Gasteiger charge is 2.03. The summed E-state index contributed by atoms with van der Waals surface area (Å²) in [5, 5.41) is 16.3. The Balaban J connectivity index is 0.000000257. The van der Waals surface area contributed by atoms with Gasteiger partial charge in [-0.25, -0.2) is 0 Å². The van der Waals surface area contributed by atoms with Gasteiger partial charge < -0.3 is 21.0 Å². The minimum atomic E-state index is -0.397. The Hall–Kier alpha value is -1.70. The fourth-order valence-electron chi connectivity index (χ4n) is 1.80. The van der Waals surface area contributed by atoms with Gasteiger partial charge in [-0.1, -0.05) is 35.0 Å². The fourth-order valence-corrected chi connectivity index (χ4v) is 3.05. The molecule has 0 bridgehead atoms. The zero-order chi connectivity index (χ0) is 18.8. The number of phenols is 1. The molecule has 25 heavy (non-hydrogen) atoms. The summed E-state index contributed by atoms with van der Waals surface area (Å²) in [6.45, 7) is 3.42. The van der Waals surface area contributed by atoms with Crippen molar-refractivity contribution in [3.8, 4) is 5.75 Å². The maximum absolute atomic E-state index is 10.8. The lowest BCUT2D eigenvalue weighted by Crippen LogP contribution is -2.10. The summed E-state index contributed by atoms with van der Waals surface area (Å²) in [4.78, 5) is 10.8. The van der Waals surface area contributed by atoms with Crippen molar-refractivity contribution in [3.63, 3.8) is 0 Å². The second-order valence-corrected chi connectivity index (χ2v) is 6.85. The highest BCUT2D eigenvalue weighted by atomic mass is 79.9. The van der Waals surface area contributed by atoms with E-state index >= 15 is 0 Å². The average Bonchev–Trinajstić information content (AvgIpc) is 2.59. The van der Waals surface area contributed by atoms with Gasteiger partial charge in [-0.2, -0.15) is 0 Å². The highest BCUT2D eigenvalue weighted by Crippen LogP contribution is 2.30. The van der Waals surface area contributed by atoms with Crippen LogP contribution in [-0.4, -0.2) is 23.8 Å². The average molecular weight is 472 g/mol. The Labute approximate surface area is 164 Å². The maximum Gasteiger partial charge on any atom is 0.248 e. The van der Waals surface area contributed by atoms with E-state index in [9.17, 15) is 9.90 Å². The summed E-state index contributed by atoms with van der Waals surface area (Å²) >= 11 is 6.40. The summed E-state index contributed by atoms with van der Waals surface area (Å²) < 4.78 is 6.78. The molecule has 7 heteroatoms. The van der Waals surface area contributed by atoms with Crippen molar-refractivity contribution in [2.75, 3.05) is 6.61 Å². The third kappa shape index (κ3) is 7.37. The Morgan fingerprint density at radius 3 is 2.44 bits per heavy atom. The van der Waals surface area contributed by atoms with E-state index in [1.165, 1.54) is 0 Å². The van der Waals surface area contributed by atoms with Crippen LogP contribution >= 0.6 is 31.9 Å². The minimum Gasteiger partial charge on any atom is -0.506 e. The van der Waals surface area contributed by atoms with Crippen LogP contribution in [0.5, 0.6) is 5.75 Å². The number of hydrogen-bond acceptors (Lipinski definition) is 4. The quantitative estimate of drug-likeness (QED) is 0.423. The molecule has 5 nitrogen and oxygen atoms in total. The van der Waals surface area contributed by atoms with E-state index < -0.39 is 5.91 Å². The van der Waals surface area contributed by atoms with Gasteiger partial charge in [-0.15, -0.1) is 0 Å². The zero-order valence-electron chi connectivity index (χ0n) is 13.8. The van der Waals surface area contributed by atoms with Gasteiger partial charge in [-0.3, -0.25) is 4.79 Å². The molecule has 0 aliphatic carbocycles. The first-order valence-corrected chi connectivity index (χ1v) is 9.12. The molecule has 134 valence electrons. The van der Waals surface area contributed by atoms with Crippen LogP contribution in [0.3, 0.4) is 0 Å². The molecular weight excluding hydrogens is 452 g/mol. The summed E-state index contributed by atoms with van der Waals surface area (Å²) in [7, 11) is 0. The number of nitrogens with one attached hydrogen (secondary N) is 1. The van der Waals surface area contributed by atoms with Crippen LogP contribution in [0, 0.1) is 5.41 Å². The lowest BCUT2D eigenvalue weighted by Gasteiger charge is -2.02. The molecule has 0 aliphatic heterocycles. The Bertz CT molecular complexity index is 719. The molecule has 0 aromatic heterocycles. The molecule has 0 unspecified atom stereocenters. The van der Waals surface area contributed by atoms with Gasteiger partial charge in [0.15, 0.2) is 0 Å². The number of hydrogen-bond donors (Lipinski definition) is 3. The predicted molar refractivity (Wildman–Crippen MR) is 106 cm³/mol. The van der Waals surface area contributed by atoms with Crippen LogP contribution in [0.4, 0.5) is 0 Å². The topological polar surface area (TPSA) is 96.4 Å². The van der Waals surface area contributed by atoms with Crippen molar-refractivity contribution in [1.82, 2.24) is 0 Å². The molecule has 0 spiro atoms. The molecule has 2 rings (SSSR count). The van der Waals surface area contributed by atoms with Gasteiger partial charge in [0, 0.05) is 28.4 Å². The number of aromatic hydroxyl groups is 1. The molecule has 0 heterocycles. The number of benzene rings is 2. The molecule has 0 radical (unpaired) electrons. The highest BCUT2D eigenvalue weighted by molar-refractivity contribution is 9.11. The molecule has 2 aromatic carbocycles. The first kappa shape index (κ1) is 21.3. The van der Waals surface area contributed by atoms with Crippen molar-refractivity contribution in [2.24, 2.45) is 5.73 Å². The van der Waals surface area contributed by atoms with Crippen molar-refractivity contribution in [1.29, 1.82) is 5.41 Å². The van der Waals surface area contributed by atoms with E-state index in [-0.39, 0.29) is 5.75 Å². The van der Waals surface area contributed by atoms with Crippen molar-refractivity contribution in [2.45, 2.75) is 20.0 Å². The summed E-state index contributed by atoms with van der Waals surface area (Å²) in [6, 6.07) is 10.5. The lowest BCUT2D eigenvalue weighted by molar-refractivity contribution is 0.1000. The number of ether oxygens (including phenoxy) is 1. The first-order valence-electron chi connectivity index (χ1n) is 7.54. The van der Waals surface area contributed by atoms with E-state index in [0.717, 1.165) is 29.3 Å². The molecule has 0 saturated carbocycles. The second kappa shape index (κ2) is 11.0. The Morgan fingerprint density at radius 1 is 1.28 bits per heavy atom. The second-order valence-electron chi connectivity index (χ2n) is 5.08. The smallest absolute Gasteiger partial charge is 0.248 e. The number of rotatable bonds is 6. The standard InChI is InChI=1S/C11H15NO2.C7H5Br2NO/c1-2-7-14-8-9-3-5-10(6-4-9)11(12)13;8-5-1-4(3-10)7(11)6(9)2-5/h3-6H,2,7-8H2,1H3,(H2,12,13);1-3,10-11H. The molecular formula is C18H20Br2N2O3. The summed E-state index contributed by atoms with van der Waals surface area (Å²) in [5.74, 6) is -0.297. The number of amides is 1. The van der Waals surface area contributed by atoms with E-state index in [4.69, 9.17) is 15.9 Å². The number of nitrogens with two attached hydrogens (primary N) is 1. The summed E-state index contributed by atoms with van der Waals surface area (Å²) in [6.07, 6.45) is 2.12. The van der Waals surface area contributed by atoms with Crippen LogP contribution in [0.2, 0.25) is 0 Å². The van der Waals surface area contributed by atoms with Crippen molar-refractivity contribution in [3.05, 3.63) is 62.0 Å². The molecule has 0 fully saturated rings. The third-order valence-corrected chi connectivity index (χ3v) is 4.13. The minimum absolute atomic E-state index is 0.100. The maximum atomic E-state index is 10.8. The predicted octanol–water partition coefficient (Wildman–Crippen LogP) is 4.63.